The van der Waals surface area contributed by atoms with E-state index in [2.05, 4.69) is 53.9 Å². The van der Waals surface area contributed by atoms with E-state index in [0.29, 0.717) is 6.04 Å². The van der Waals surface area contributed by atoms with E-state index in [1.54, 1.807) is 6.33 Å². The Kier molecular flexibility index (Phi) is 4.37. The molecule has 0 fully saturated rings. The van der Waals surface area contributed by atoms with Gasteiger partial charge >= 0.3 is 0 Å². The Morgan fingerprint density at radius 2 is 2.16 bits per heavy atom. The minimum atomic E-state index is 0.246. The van der Waals surface area contributed by atoms with Crippen LogP contribution in [0.3, 0.4) is 0 Å². The van der Waals surface area contributed by atoms with Gasteiger partial charge in [-0.1, -0.05) is 6.92 Å². The van der Waals surface area contributed by atoms with Crippen molar-refractivity contribution in [2.45, 2.75) is 52.2 Å². The van der Waals surface area contributed by atoms with E-state index in [1.165, 1.54) is 5.56 Å². The van der Waals surface area contributed by atoms with Gasteiger partial charge < -0.3 is 10.3 Å². The maximum Gasteiger partial charge on any atom is 0.147 e. The summed E-state index contributed by atoms with van der Waals surface area (Å²) in [5.74, 6) is 0.983. The Bertz CT molecular complexity index is 511. The zero-order chi connectivity index (χ0) is 13.8. The van der Waals surface area contributed by atoms with Gasteiger partial charge in [0.25, 0.3) is 0 Å². The van der Waals surface area contributed by atoms with Gasteiger partial charge in [0.05, 0.1) is 6.54 Å². The van der Waals surface area contributed by atoms with Gasteiger partial charge in [-0.15, -0.1) is 0 Å². The highest BCUT2D eigenvalue weighted by molar-refractivity contribution is 5.12. The van der Waals surface area contributed by atoms with Crippen LogP contribution in [0.25, 0.3) is 0 Å². The van der Waals surface area contributed by atoms with Crippen LogP contribution in [-0.2, 0) is 13.0 Å². The second-order valence-electron chi connectivity index (χ2n) is 5.28. The molecule has 104 valence electrons. The average molecular weight is 261 g/mol. The average Bonchev–Trinajstić information content (AvgIpc) is 2.99. The van der Waals surface area contributed by atoms with E-state index in [-0.39, 0.29) is 6.04 Å². The highest BCUT2D eigenvalue weighted by atomic mass is 15.4. The first kappa shape index (κ1) is 13.8. The Labute approximate surface area is 114 Å². The summed E-state index contributed by atoms with van der Waals surface area (Å²) in [4.78, 5) is 4.33. The molecular formula is C14H23N5. The van der Waals surface area contributed by atoms with Crippen LogP contribution in [0.1, 0.15) is 44.6 Å². The first-order chi connectivity index (χ1) is 9.10. The molecule has 0 aromatic carbocycles. The summed E-state index contributed by atoms with van der Waals surface area (Å²) >= 11 is 0. The highest BCUT2D eigenvalue weighted by Gasteiger charge is 2.09. The van der Waals surface area contributed by atoms with E-state index >= 15 is 0 Å². The zero-order valence-electron chi connectivity index (χ0n) is 12.0. The van der Waals surface area contributed by atoms with Crippen LogP contribution < -0.4 is 5.73 Å². The van der Waals surface area contributed by atoms with E-state index in [9.17, 15) is 0 Å². The lowest BCUT2D eigenvalue weighted by atomic mass is 10.1. The SMILES string of the molecule is CCC(N)Cc1ccn(Cc2ncnn2C(C)C)c1. The fraction of sp³-hybridized carbons (Fsp3) is 0.571. The third-order valence-electron chi connectivity index (χ3n) is 3.29. The van der Waals surface area contributed by atoms with Crippen molar-refractivity contribution in [3.05, 3.63) is 36.2 Å². The second-order valence-corrected chi connectivity index (χ2v) is 5.28. The molecule has 2 N–H and O–H groups in total. The molecule has 0 aliphatic heterocycles. The molecule has 0 spiro atoms. The fourth-order valence-electron chi connectivity index (χ4n) is 2.14. The lowest BCUT2D eigenvalue weighted by molar-refractivity contribution is 0.496. The summed E-state index contributed by atoms with van der Waals surface area (Å²) in [5, 5.41) is 4.25. The van der Waals surface area contributed by atoms with Crippen molar-refractivity contribution in [1.82, 2.24) is 19.3 Å². The highest BCUT2D eigenvalue weighted by Crippen LogP contribution is 2.10. The summed E-state index contributed by atoms with van der Waals surface area (Å²) in [6.45, 7) is 7.09. The summed E-state index contributed by atoms with van der Waals surface area (Å²) in [6.07, 6.45) is 7.78. The number of nitrogens with zero attached hydrogens (tertiary/aromatic N) is 4. The molecule has 5 nitrogen and oxygen atoms in total. The second kappa shape index (κ2) is 6.02. The standard InChI is InChI=1S/C14H23N5/c1-4-13(15)7-12-5-6-18(8-12)9-14-16-10-17-19(14)11(2)3/h5-6,8,10-11,13H,4,7,9,15H2,1-3H3. The molecule has 0 saturated heterocycles. The normalized spacial score (nSPS) is 13.1. The molecule has 1 atom stereocenters. The van der Waals surface area contributed by atoms with Crippen LogP contribution in [0, 0.1) is 0 Å². The van der Waals surface area contributed by atoms with Gasteiger partial charge in [-0.05, 0) is 38.3 Å². The van der Waals surface area contributed by atoms with Gasteiger partial charge in [-0.2, -0.15) is 5.10 Å². The van der Waals surface area contributed by atoms with Crippen LogP contribution in [0.2, 0.25) is 0 Å². The molecule has 2 aromatic heterocycles. The van der Waals surface area contributed by atoms with Crippen molar-refractivity contribution in [2.24, 2.45) is 5.73 Å². The lowest BCUT2D eigenvalue weighted by Gasteiger charge is -2.10. The van der Waals surface area contributed by atoms with Crippen molar-refractivity contribution in [2.75, 3.05) is 0 Å². The van der Waals surface area contributed by atoms with Crippen molar-refractivity contribution in [1.29, 1.82) is 0 Å². The van der Waals surface area contributed by atoms with Crippen LogP contribution in [0.5, 0.6) is 0 Å². The van der Waals surface area contributed by atoms with Gasteiger partial charge in [0.2, 0.25) is 0 Å². The van der Waals surface area contributed by atoms with Gasteiger partial charge in [-0.3, -0.25) is 0 Å². The van der Waals surface area contributed by atoms with E-state index < -0.39 is 0 Å². The number of nitrogens with two attached hydrogens (primary N) is 1. The molecule has 2 aromatic rings. The largest absolute Gasteiger partial charge is 0.346 e. The molecule has 0 saturated carbocycles. The number of hydrogen-bond acceptors (Lipinski definition) is 3. The van der Waals surface area contributed by atoms with Gasteiger partial charge in [-0.25, -0.2) is 9.67 Å². The topological polar surface area (TPSA) is 61.7 Å². The zero-order valence-corrected chi connectivity index (χ0v) is 12.0. The Morgan fingerprint density at radius 3 is 2.84 bits per heavy atom. The molecule has 19 heavy (non-hydrogen) atoms. The first-order valence-electron chi connectivity index (χ1n) is 6.88. The Hall–Kier alpha value is -1.62. The fourth-order valence-corrected chi connectivity index (χ4v) is 2.14. The van der Waals surface area contributed by atoms with Crippen molar-refractivity contribution in [3.63, 3.8) is 0 Å². The third kappa shape index (κ3) is 3.44. The molecule has 2 rings (SSSR count). The molecule has 0 amide bonds. The van der Waals surface area contributed by atoms with Crippen molar-refractivity contribution in [3.8, 4) is 0 Å². The summed E-state index contributed by atoms with van der Waals surface area (Å²) in [7, 11) is 0. The van der Waals surface area contributed by atoms with Gasteiger partial charge in [0.1, 0.15) is 12.2 Å². The summed E-state index contributed by atoms with van der Waals surface area (Å²) < 4.78 is 4.10. The summed E-state index contributed by atoms with van der Waals surface area (Å²) in [6, 6.07) is 2.71. The van der Waals surface area contributed by atoms with E-state index in [4.69, 9.17) is 5.73 Å². The molecular weight excluding hydrogens is 238 g/mol. The minimum absolute atomic E-state index is 0.246. The Morgan fingerprint density at radius 1 is 1.37 bits per heavy atom. The minimum Gasteiger partial charge on any atom is -0.346 e. The molecule has 5 heteroatoms. The lowest BCUT2D eigenvalue weighted by Crippen LogP contribution is -2.21. The van der Waals surface area contributed by atoms with Crippen molar-refractivity contribution < 1.29 is 0 Å². The van der Waals surface area contributed by atoms with Crippen LogP contribution in [-0.4, -0.2) is 25.4 Å². The van der Waals surface area contributed by atoms with Crippen LogP contribution in [0.15, 0.2) is 24.8 Å². The maximum absolute atomic E-state index is 5.98. The van der Waals surface area contributed by atoms with E-state index in [1.807, 2.05) is 4.68 Å². The monoisotopic (exact) mass is 261 g/mol. The molecule has 0 aliphatic rings. The van der Waals surface area contributed by atoms with Gasteiger partial charge in [0, 0.05) is 24.5 Å². The first-order valence-corrected chi connectivity index (χ1v) is 6.88. The maximum atomic E-state index is 5.98. The predicted molar refractivity (Wildman–Crippen MR) is 75.9 cm³/mol. The van der Waals surface area contributed by atoms with Crippen molar-refractivity contribution >= 4 is 0 Å². The van der Waals surface area contributed by atoms with Crippen LogP contribution >= 0.6 is 0 Å². The number of hydrogen-bond donors (Lipinski definition) is 1. The molecule has 2 heterocycles. The smallest absolute Gasteiger partial charge is 0.147 e. The van der Waals surface area contributed by atoms with E-state index in [0.717, 1.165) is 25.2 Å². The number of aromatic nitrogens is 4. The van der Waals surface area contributed by atoms with Gasteiger partial charge in [0.15, 0.2) is 0 Å². The molecule has 0 bridgehead atoms. The quantitative estimate of drug-likeness (QED) is 0.865. The number of rotatable bonds is 6. The third-order valence-corrected chi connectivity index (χ3v) is 3.29. The molecule has 0 radical (unpaired) electrons. The molecule has 1 unspecified atom stereocenters. The molecule has 0 aliphatic carbocycles. The Balaban J connectivity index is 2.05. The summed E-state index contributed by atoms with van der Waals surface area (Å²) in [5.41, 5.74) is 7.26. The van der Waals surface area contributed by atoms with Crippen LogP contribution in [0.4, 0.5) is 0 Å². The predicted octanol–water partition coefficient (Wildman–Crippen LogP) is 1.99.